The maximum absolute atomic E-state index is 11.8. The Balaban J connectivity index is 2.00. The van der Waals surface area contributed by atoms with Gasteiger partial charge in [0.15, 0.2) is 6.61 Å². The van der Waals surface area contributed by atoms with Crippen molar-refractivity contribution in [3.63, 3.8) is 0 Å². The van der Waals surface area contributed by atoms with E-state index in [1.807, 2.05) is 6.07 Å². The Morgan fingerprint density at radius 2 is 2.21 bits per heavy atom. The molecular weight excluding hydrogens is 246 g/mol. The molecule has 1 amide bonds. The van der Waals surface area contributed by atoms with Crippen molar-refractivity contribution in [2.75, 3.05) is 11.9 Å². The molecule has 2 rings (SSSR count). The number of benzene rings is 1. The van der Waals surface area contributed by atoms with Crippen LogP contribution < -0.4 is 10.1 Å². The number of nitriles is 1. The summed E-state index contributed by atoms with van der Waals surface area (Å²) in [5, 5.41) is 14.7. The lowest BCUT2D eigenvalue weighted by Crippen LogP contribution is -2.10. The zero-order valence-corrected chi connectivity index (χ0v) is 10.2. The van der Waals surface area contributed by atoms with Crippen LogP contribution in [0, 0.1) is 18.3 Å². The van der Waals surface area contributed by atoms with Crippen LogP contribution in [0.15, 0.2) is 34.9 Å². The number of aromatic nitrogens is 1. The van der Waals surface area contributed by atoms with Crippen LogP contribution in [0.4, 0.5) is 5.69 Å². The molecule has 1 heterocycles. The number of nitrogens with zero attached hydrogens (tertiary/aromatic N) is 2. The number of hydrogen-bond donors (Lipinski definition) is 1. The van der Waals surface area contributed by atoms with Gasteiger partial charge in [0, 0.05) is 11.8 Å². The molecule has 6 nitrogen and oxygen atoms in total. The van der Waals surface area contributed by atoms with E-state index in [0.29, 0.717) is 17.1 Å². The summed E-state index contributed by atoms with van der Waals surface area (Å²) in [5.41, 5.74) is 1.24. The average Bonchev–Trinajstić information content (AvgIpc) is 2.85. The number of nitrogens with one attached hydrogen (secondary N) is 1. The summed E-state index contributed by atoms with van der Waals surface area (Å²) in [6.07, 6.45) is 0. The fourth-order valence-electron chi connectivity index (χ4n) is 1.41. The van der Waals surface area contributed by atoms with Gasteiger partial charge in [-0.15, -0.1) is 0 Å². The predicted octanol–water partition coefficient (Wildman–Crippen LogP) is 2.14. The normalized spacial score (nSPS) is 9.68. The number of anilines is 1. The number of rotatable bonds is 4. The minimum atomic E-state index is -0.369. The zero-order chi connectivity index (χ0) is 13.7. The van der Waals surface area contributed by atoms with Crippen molar-refractivity contribution in [2.24, 2.45) is 0 Å². The van der Waals surface area contributed by atoms with Crippen molar-refractivity contribution in [2.45, 2.75) is 6.92 Å². The first kappa shape index (κ1) is 12.6. The number of aryl methyl sites for hydroxylation is 1. The first-order chi connectivity index (χ1) is 9.19. The summed E-state index contributed by atoms with van der Waals surface area (Å²) in [5.74, 6) is 0.351. The maximum Gasteiger partial charge on any atom is 0.294 e. The third-order valence-corrected chi connectivity index (χ3v) is 2.27. The minimum Gasteiger partial charge on any atom is -0.479 e. The molecule has 1 aromatic heterocycles. The van der Waals surface area contributed by atoms with E-state index in [9.17, 15) is 4.79 Å². The average molecular weight is 257 g/mol. The van der Waals surface area contributed by atoms with Gasteiger partial charge in [-0.25, -0.2) is 0 Å². The second-order valence-corrected chi connectivity index (χ2v) is 3.76. The van der Waals surface area contributed by atoms with E-state index in [1.165, 1.54) is 0 Å². The zero-order valence-electron chi connectivity index (χ0n) is 10.2. The van der Waals surface area contributed by atoms with Gasteiger partial charge in [-0.05, 0) is 31.2 Å². The van der Waals surface area contributed by atoms with Gasteiger partial charge >= 0.3 is 0 Å². The fourth-order valence-corrected chi connectivity index (χ4v) is 1.41. The molecule has 0 atom stereocenters. The molecule has 6 heteroatoms. The molecule has 19 heavy (non-hydrogen) atoms. The fraction of sp³-hybridized carbons (Fsp3) is 0.154. The lowest BCUT2D eigenvalue weighted by molar-refractivity contribution is 0.0988. The van der Waals surface area contributed by atoms with E-state index in [2.05, 4.69) is 10.5 Å². The van der Waals surface area contributed by atoms with Crippen molar-refractivity contribution < 1.29 is 14.1 Å². The Bertz CT molecular complexity index is 611. The molecule has 0 fully saturated rings. The van der Waals surface area contributed by atoms with E-state index >= 15 is 0 Å². The topological polar surface area (TPSA) is 88.1 Å². The molecule has 0 aliphatic heterocycles. The molecule has 0 radical (unpaired) electrons. The Kier molecular flexibility index (Phi) is 3.78. The first-order valence-corrected chi connectivity index (χ1v) is 5.53. The molecule has 2 aromatic rings. The van der Waals surface area contributed by atoms with Crippen LogP contribution in [-0.4, -0.2) is 17.7 Å². The predicted molar refractivity (Wildman–Crippen MR) is 66.7 cm³/mol. The summed E-state index contributed by atoms with van der Waals surface area (Å²) in [6.45, 7) is 1.73. The molecule has 0 spiro atoms. The van der Waals surface area contributed by atoms with Gasteiger partial charge in [0.2, 0.25) is 5.76 Å². The van der Waals surface area contributed by atoms with Gasteiger partial charge < -0.3 is 14.6 Å². The quantitative estimate of drug-likeness (QED) is 0.906. The summed E-state index contributed by atoms with van der Waals surface area (Å²) in [6, 6.07) is 10.1. The summed E-state index contributed by atoms with van der Waals surface area (Å²) < 4.78 is 9.95. The maximum atomic E-state index is 11.8. The third-order valence-electron chi connectivity index (χ3n) is 2.27. The van der Waals surface area contributed by atoms with Gasteiger partial charge in [-0.1, -0.05) is 5.16 Å². The van der Waals surface area contributed by atoms with E-state index in [1.54, 1.807) is 37.3 Å². The number of ether oxygens (including phenoxy) is 1. The Morgan fingerprint density at radius 3 is 2.79 bits per heavy atom. The van der Waals surface area contributed by atoms with Gasteiger partial charge in [0.1, 0.15) is 11.8 Å². The van der Waals surface area contributed by atoms with Crippen LogP contribution in [0.1, 0.15) is 16.2 Å². The lowest BCUT2D eigenvalue weighted by Gasteiger charge is -2.04. The molecule has 0 unspecified atom stereocenters. The lowest BCUT2D eigenvalue weighted by atomic mass is 10.3. The highest BCUT2D eigenvalue weighted by Crippen LogP contribution is 2.16. The van der Waals surface area contributed by atoms with Crippen LogP contribution in [0.5, 0.6) is 5.75 Å². The van der Waals surface area contributed by atoms with Crippen molar-refractivity contribution in [1.82, 2.24) is 5.16 Å². The summed E-state index contributed by atoms with van der Waals surface area (Å²) >= 11 is 0. The second kappa shape index (κ2) is 5.69. The van der Waals surface area contributed by atoms with E-state index in [0.717, 1.165) is 0 Å². The van der Waals surface area contributed by atoms with Crippen molar-refractivity contribution in [3.05, 3.63) is 41.8 Å². The monoisotopic (exact) mass is 257 g/mol. The molecule has 96 valence electrons. The highest BCUT2D eigenvalue weighted by molar-refractivity contribution is 6.02. The molecule has 1 aromatic carbocycles. The van der Waals surface area contributed by atoms with Crippen molar-refractivity contribution in [1.29, 1.82) is 5.26 Å². The van der Waals surface area contributed by atoms with E-state index < -0.39 is 0 Å². The molecule has 0 aliphatic carbocycles. The highest BCUT2D eigenvalue weighted by atomic mass is 16.5. The van der Waals surface area contributed by atoms with E-state index in [-0.39, 0.29) is 18.3 Å². The summed E-state index contributed by atoms with van der Waals surface area (Å²) in [4.78, 5) is 11.8. The molecule has 1 N–H and O–H groups in total. The Hall–Kier alpha value is -2.81. The minimum absolute atomic E-state index is 0.0109. The standard InChI is InChI=1S/C13H11N3O3/c1-9-8-12(19-16-9)13(17)15-10-2-4-11(5-3-10)18-7-6-14/h2-5,8H,7H2,1H3,(H,15,17). The van der Waals surface area contributed by atoms with Crippen LogP contribution in [0.2, 0.25) is 0 Å². The highest BCUT2D eigenvalue weighted by Gasteiger charge is 2.11. The second-order valence-electron chi connectivity index (χ2n) is 3.76. The first-order valence-electron chi connectivity index (χ1n) is 5.53. The molecule has 0 bridgehead atoms. The molecule has 0 aliphatic rings. The SMILES string of the molecule is Cc1cc(C(=O)Nc2ccc(OCC#N)cc2)on1. The number of carbonyl (C=O) groups is 1. The van der Waals surface area contributed by atoms with Crippen molar-refractivity contribution in [3.8, 4) is 11.8 Å². The van der Waals surface area contributed by atoms with Gasteiger partial charge in [0.05, 0.1) is 5.69 Å². The number of carbonyl (C=O) groups excluding carboxylic acids is 1. The van der Waals surface area contributed by atoms with Crippen LogP contribution >= 0.6 is 0 Å². The number of hydrogen-bond acceptors (Lipinski definition) is 5. The number of amides is 1. The molecule has 0 saturated carbocycles. The van der Waals surface area contributed by atoms with Crippen LogP contribution in [-0.2, 0) is 0 Å². The summed E-state index contributed by atoms with van der Waals surface area (Å²) in [7, 11) is 0. The van der Waals surface area contributed by atoms with Crippen molar-refractivity contribution >= 4 is 11.6 Å². The Labute approximate surface area is 109 Å². The van der Waals surface area contributed by atoms with Crippen LogP contribution in [0.25, 0.3) is 0 Å². The van der Waals surface area contributed by atoms with Gasteiger partial charge in [-0.3, -0.25) is 4.79 Å². The Morgan fingerprint density at radius 1 is 1.47 bits per heavy atom. The van der Waals surface area contributed by atoms with E-state index in [4.69, 9.17) is 14.5 Å². The van der Waals surface area contributed by atoms with Crippen LogP contribution in [0.3, 0.4) is 0 Å². The van der Waals surface area contributed by atoms with Gasteiger partial charge in [-0.2, -0.15) is 5.26 Å². The molecular formula is C13H11N3O3. The smallest absolute Gasteiger partial charge is 0.294 e. The largest absolute Gasteiger partial charge is 0.479 e. The third kappa shape index (κ3) is 3.33. The molecule has 0 saturated heterocycles. The van der Waals surface area contributed by atoms with Gasteiger partial charge in [0.25, 0.3) is 5.91 Å².